The molecule has 4 heterocycles. The molecule has 57 heavy (non-hydrogen) atoms. The lowest BCUT2D eigenvalue weighted by molar-refractivity contribution is -0.137. The minimum absolute atomic E-state index is 0.0515. The number of methoxy groups -OCH3 is 1. The van der Waals surface area contributed by atoms with E-state index in [0.29, 0.717) is 50.3 Å². The van der Waals surface area contributed by atoms with Gasteiger partial charge in [-0.3, -0.25) is 44.2 Å². The number of allylic oxidation sites excluding steroid dienone is 1. The number of carbonyl (C=O) groups is 5. The van der Waals surface area contributed by atoms with E-state index in [1.807, 2.05) is 66.4 Å². The van der Waals surface area contributed by atoms with Gasteiger partial charge in [-0.25, -0.2) is 4.98 Å². The Kier molecular flexibility index (Phi) is 11.7. The number of likely N-dealkylation sites (tertiary alicyclic amines) is 1. The van der Waals surface area contributed by atoms with Crippen molar-refractivity contribution < 1.29 is 28.7 Å². The maximum Gasteiger partial charge on any atom is 0.262 e. The van der Waals surface area contributed by atoms with Gasteiger partial charge in [0.15, 0.2) is 0 Å². The fourth-order valence-electron chi connectivity index (χ4n) is 7.64. The molecule has 0 spiro atoms. The molecule has 0 aliphatic carbocycles. The van der Waals surface area contributed by atoms with Crippen LogP contribution in [0, 0.1) is 5.92 Å². The van der Waals surface area contributed by atoms with Crippen LogP contribution in [0.3, 0.4) is 0 Å². The van der Waals surface area contributed by atoms with E-state index < -0.39 is 29.7 Å². The van der Waals surface area contributed by atoms with Gasteiger partial charge in [0.1, 0.15) is 11.8 Å². The summed E-state index contributed by atoms with van der Waals surface area (Å²) >= 11 is 0. The normalized spacial score (nSPS) is 18.3. The van der Waals surface area contributed by atoms with Gasteiger partial charge >= 0.3 is 0 Å². The van der Waals surface area contributed by atoms with Crippen molar-refractivity contribution in [2.24, 2.45) is 16.6 Å². The molecule has 2 atom stereocenters. The zero-order valence-electron chi connectivity index (χ0n) is 32.1. The molecule has 0 radical (unpaired) electrons. The maximum absolute atomic E-state index is 13.6. The van der Waals surface area contributed by atoms with Crippen LogP contribution in [-0.2, 0) is 20.9 Å². The standard InChI is InChI=1S/C43H46N8O6/c1-27(41(54)49-20-17-30(18-21-49)45-24-29(23-44)37-25-46-35-7-3-4-8-36(35)47-37)6-5-19-50(26-28-9-12-32(57-2)13-10-28)31-11-14-33-34(22-31)43(56)51(42(33)55)38-15-16-39(52)48-40(38)53/h3-4,7-14,22-25,27,30,38H,5-6,15-21,26,44H2,1-2H3,(H,48,52,53). The van der Waals surface area contributed by atoms with Crippen molar-refractivity contribution in [1.29, 1.82) is 0 Å². The second-order valence-corrected chi connectivity index (χ2v) is 14.7. The predicted octanol–water partition coefficient (Wildman–Crippen LogP) is 4.52. The summed E-state index contributed by atoms with van der Waals surface area (Å²) in [6, 6.07) is 19.5. The van der Waals surface area contributed by atoms with Gasteiger partial charge in [0.05, 0.1) is 47.2 Å². The number of anilines is 1. The number of fused-ring (bicyclic) bond motifs is 2. The number of carbonyl (C=O) groups excluding carboxylic acids is 5. The summed E-state index contributed by atoms with van der Waals surface area (Å²) in [5.74, 6) is -1.53. The largest absolute Gasteiger partial charge is 0.497 e. The molecule has 1 aromatic heterocycles. The molecule has 0 bridgehead atoms. The van der Waals surface area contributed by atoms with E-state index in [9.17, 15) is 24.0 Å². The SMILES string of the molecule is COc1ccc(CN(CCCC(C)C(=O)N2CCC(N=CC(=CN)c3cnc4ccccc4n3)CC2)c2ccc3c(c2)C(=O)N(C2CCC(=O)NC2=O)C3=O)cc1. The van der Waals surface area contributed by atoms with Crippen LogP contribution in [0.4, 0.5) is 5.69 Å². The van der Waals surface area contributed by atoms with Crippen molar-refractivity contribution >= 4 is 58.0 Å². The van der Waals surface area contributed by atoms with Crippen LogP contribution in [0.1, 0.15) is 77.4 Å². The molecule has 2 saturated heterocycles. The van der Waals surface area contributed by atoms with E-state index >= 15 is 0 Å². The lowest BCUT2D eigenvalue weighted by atomic mass is 9.99. The molecule has 14 nitrogen and oxygen atoms in total. The highest BCUT2D eigenvalue weighted by molar-refractivity contribution is 6.23. The van der Waals surface area contributed by atoms with Crippen LogP contribution in [0.25, 0.3) is 16.6 Å². The number of benzene rings is 3. The Hall–Kier alpha value is -6.44. The first-order chi connectivity index (χ1) is 27.6. The van der Waals surface area contributed by atoms with Crippen LogP contribution in [0.2, 0.25) is 0 Å². The van der Waals surface area contributed by atoms with Gasteiger partial charge in [-0.05, 0) is 80.1 Å². The average Bonchev–Trinajstić information content (AvgIpc) is 3.48. The monoisotopic (exact) mass is 770 g/mol. The van der Waals surface area contributed by atoms with Crippen molar-refractivity contribution in [3.63, 3.8) is 0 Å². The Morgan fingerprint density at radius 1 is 1.00 bits per heavy atom. The Morgan fingerprint density at radius 2 is 1.74 bits per heavy atom. The molecule has 294 valence electrons. The van der Waals surface area contributed by atoms with Crippen molar-refractivity contribution in [3.05, 3.63) is 102 Å². The topological polar surface area (TPSA) is 180 Å². The summed E-state index contributed by atoms with van der Waals surface area (Å²) in [5.41, 5.74) is 11.1. The Bertz CT molecular complexity index is 2250. The number of hydrogen-bond donors (Lipinski definition) is 2. The molecule has 14 heteroatoms. The predicted molar refractivity (Wildman–Crippen MR) is 215 cm³/mol. The van der Waals surface area contributed by atoms with E-state index in [-0.39, 0.29) is 41.8 Å². The number of amides is 5. The van der Waals surface area contributed by atoms with Gasteiger partial charge in [0.2, 0.25) is 17.7 Å². The number of nitrogens with two attached hydrogens (primary N) is 1. The van der Waals surface area contributed by atoms with Gasteiger partial charge in [-0.15, -0.1) is 0 Å². The number of imide groups is 2. The first-order valence-corrected chi connectivity index (χ1v) is 19.3. The van der Waals surface area contributed by atoms with E-state index in [2.05, 4.69) is 20.2 Å². The van der Waals surface area contributed by atoms with Crippen molar-refractivity contribution in [1.82, 2.24) is 25.1 Å². The third-order valence-electron chi connectivity index (χ3n) is 10.9. The quantitative estimate of drug-likeness (QED) is 0.145. The first kappa shape index (κ1) is 38.8. The zero-order chi connectivity index (χ0) is 40.1. The highest BCUT2D eigenvalue weighted by Gasteiger charge is 2.44. The van der Waals surface area contributed by atoms with Crippen LogP contribution in [0.15, 0.2) is 84.1 Å². The van der Waals surface area contributed by atoms with E-state index in [0.717, 1.165) is 45.8 Å². The molecule has 3 N–H and O–H groups in total. The summed E-state index contributed by atoms with van der Waals surface area (Å²) in [7, 11) is 1.61. The highest BCUT2D eigenvalue weighted by atomic mass is 16.5. The number of aromatic nitrogens is 2. The Balaban J connectivity index is 0.966. The molecule has 4 aromatic rings. The van der Waals surface area contributed by atoms with Crippen LogP contribution >= 0.6 is 0 Å². The van der Waals surface area contributed by atoms with Gasteiger partial charge in [0, 0.05) is 62.2 Å². The van der Waals surface area contributed by atoms with Crippen molar-refractivity contribution in [3.8, 4) is 5.75 Å². The third-order valence-corrected chi connectivity index (χ3v) is 10.9. The molecular weight excluding hydrogens is 725 g/mol. The number of rotatable bonds is 13. The number of hydrogen-bond acceptors (Lipinski definition) is 11. The molecule has 7 rings (SSSR count). The van der Waals surface area contributed by atoms with E-state index in [1.54, 1.807) is 31.7 Å². The highest BCUT2D eigenvalue weighted by Crippen LogP contribution is 2.32. The first-order valence-electron chi connectivity index (χ1n) is 19.3. The second-order valence-electron chi connectivity index (χ2n) is 14.7. The number of para-hydroxylation sites is 2. The minimum atomic E-state index is -1.04. The summed E-state index contributed by atoms with van der Waals surface area (Å²) in [6.07, 6.45) is 7.91. The summed E-state index contributed by atoms with van der Waals surface area (Å²) in [5, 5.41) is 2.24. The number of ether oxygens (including phenoxy) is 1. The third kappa shape index (κ3) is 8.54. The van der Waals surface area contributed by atoms with Crippen LogP contribution in [-0.4, -0.2) is 94.3 Å². The van der Waals surface area contributed by atoms with Gasteiger partial charge < -0.3 is 20.3 Å². The van der Waals surface area contributed by atoms with Crippen LogP contribution < -0.4 is 20.7 Å². The molecule has 3 aliphatic heterocycles. The smallest absolute Gasteiger partial charge is 0.262 e. The minimum Gasteiger partial charge on any atom is -0.497 e. The summed E-state index contributed by atoms with van der Waals surface area (Å²) in [4.78, 5) is 83.9. The number of nitrogens with zero attached hydrogens (tertiary/aromatic N) is 6. The lowest BCUT2D eigenvalue weighted by Crippen LogP contribution is -2.54. The lowest BCUT2D eigenvalue weighted by Gasteiger charge is -2.32. The summed E-state index contributed by atoms with van der Waals surface area (Å²) in [6.45, 7) is 4.28. The van der Waals surface area contributed by atoms with E-state index in [1.165, 1.54) is 6.20 Å². The Morgan fingerprint density at radius 3 is 2.46 bits per heavy atom. The van der Waals surface area contributed by atoms with Gasteiger partial charge in [-0.2, -0.15) is 0 Å². The average molecular weight is 771 g/mol. The van der Waals surface area contributed by atoms with Crippen molar-refractivity contribution in [2.75, 3.05) is 31.6 Å². The van der Waals surface area contributed by atoms with Gasteiger partial charge in [-0.1, -0.05) is 31.2 Å². The maximum atomic E-state index is 13.6. The van der Waals surface area contributed by atoms with Crippen molar-refractivity contribution in [2.45, 2.75) is 64.1 Å². The fourth-order valence-corrected chi connectivity index (χ4v) is 7.64. The molecule has 2 unspecified atom stereocenters. The fraction of sp³-hybridized carbons (Fsp3) is 0.349. The Labute approximate surface area is 330 Å². The number of nitrogens with one attached hydrogen (secondary N) is 1. The molecule has 0 saturated carbocycles. The second kappa shape index (κ2) is 17.1. The summed E-state index contributed by atoms with van der Waals surface area (Å²) < 4.78 is 5.34. The molecule has 3 aromatic carbocycles. The van der Waals surface area contributed by atoms with Crippen LogP contribution in [0.5, 0.6) is 5.75 Å². The number of aliphatic imine (C=N–C) groups is 1. The van der Waals surface area contributed by atoms with Gasteiger partial charge in [0.25, 0.3) is 11.8 Å². The zero-order valence-corrected chi connectivity index (χ0v) is 32.1. The molecule has 5 amide bonds. The van der Waals surface area contributed by atoms with E-state index in [4.69, 9.17) is 15.5 Å². The molecular formula is C43H46N8O6. The number of piperidine rings is 2. The molecule has 2 fully saturated rings. The molecule has 3 aliphatic rings.